The molecule has 0 saturated carbocycles. The van der Waals surface area contributed by atoms with Crippen LogP contribution in [0.4, 0.5) is 0 Å². The standard InChI is InChI=1S/C13H26N2/c1-5-7-8-9-10-13(4,11-14)15-12(3)6-2/h12,15H,5-10H2,1-4H3. The number of nitriles is 1. The molecule has 88 valence electrons. The van der Waals surface area contributed by atoms with Gasteiger partial charge in [-0.15, -0.1) is 0 Å². The second kappa shape index (κ2) is 7.70. The van der Waals surface area contributed by atoms with Gasteiger partial charge in [-0.2, -0.15) is 5.26 Å². The fourth-order valence-corrected chi connectivity index (χ4v) is 1.71. The fraction of sp³-hybridized carbons (Fsp3) is 0.923. The van der Waals surface area contributed by atoms with Crippen LogP contribution >= 0.6 is 0 Å². The van der Waals surface area contributed by atoms with Gasteiger partial charge in [0.05, 0.1) is 6.07 Å². The summed E-state index contributed by atoms with van der Waals surface area (Å²) in [6.45, 7) is 8.51. The van der Waals surface area contributed by atoms with E-state index < -0.39 is 0 Å². The van der Waals surface area contributed by atoms with E-state index in [1.807, 2.05) is 6.92 Å². The maximum absolute atomic E-state index is 9.17. The van der Waals surface area contributed by atoms with Crippen LogP contribution in [-0.2, 0) is 0 Å². The highest BCUT2D eigenvalue weighted by Crippen LogP contribution is 2.15. The number of unbranched alkanes of at least 4 members (excludes halogenated alkanes) is 3. The first-order valence-electron chi connectivity index (χ1n) is 6.27. The molecular formula is C13H26N2. The Morgan fingerprint density at radius 2 is 1.93 bits per heavy atom. The number of nitrogens with one attached hydrogen (secondary N) is 1. The van der Waals surface area contributed by atoms with Crippen molar-refractivity contribution in [2.45, 2.75) is 77.8 Å². The number of hydrogen-bond acceptors (Lipinski definition) is 2. The molecule has 2 nitrogen and oxygen atoms in total. The number of hydrogen-bond donors (Lipinski definition) is 1. The van der Waals surface area contributed by atoms with Gasteiger partial charge in [-0.05, 0) is 26.7 Å². The lowest BCUT2D eigenvalue weighted by Gasteiger charge is -2.27. The normalized spacial score (nSPS) is 16.7. The van der Waals surface area contributed by atoms with Crippen LogP contribution in [0.15, 0.2) is 0 Å². The van der Waals surface area contributed by atoms with Gasteiger partial charge in [-0.1, -0.05) is 39.5 Å². The van der Waals surface area contributed by atoms with Crippen LogP contribution in [0, 0.1) is 11.3 Å². The van der Waals surface area contributed by atoms with E-state index in [1.54, 1.807) is 0 Å². The van der Waals surface area contributed by atoms with E-state index in [9.17, 15) is 5.26 Å². The minimum absolute atomic E-state index is 0.330. The molecule has 0 aromatic heterocycles. The second-order valence-electron chi connectivity index (χ2n) is 4.71. The van der Waals surface area contributed by atoms with E-state index in [-0.39, 0.29) is 5.54 Å². The molecule has 15 heavy (non-hydrogen) atoms. The lowest BCUT2D eigenvalue weighted by atomic mass is 9.94. The Balaban J connectivity index is 3.92. The Morgan fingerprint density at radius 3 is 2.40 bits per heavy atom. The van der Waals surface area contributed by atoms with E-state index >= 15 is 0 Å². The molecule has 2 atom stereocenters. The van der Waals surface area contributed by atoms with Gasteiger partial charge in [0.25, 0.3) is 0 Å². The molecule has 0 aromatic carbocycles. The lowest BCUT2D eigenvalue weighted by Crippen LogP contribution is -2.45. The summed E-state index contributed by atoms with van der Waals surface area (Å²) in [7, 11) is 0. The SMILES string of the molecule is CCCCCCC(C)(C#N)NC(C)CC. The predicted octanol–water partition coefficient (Wildman–Crippen LogP) is 3.63. The molecule has 0 radical (unpaired) electrons. The fourth-order valence-electron chi connectivity index (χ4n) is 1.71. The molecule has 0 bridgehead atoms. The molecule has 0 spiro atoms. The average molecular weight is 210 g/mol. The highest BCUT2D eigenvalue weighted by molar-refractivity contribution is 5.04. The molecule has 0 aromatic rings. The number of rotatable bonds is 8. The summed E-state index contributed by atoms with van der Waals surface area (Å²) in [5.74, 6) is 0. The van der Waals surface area contributed by atoms with Crippen LogP contribution < -0.4 is 5.32 Å². The summed E-state index contributed by atoms with van der Waals surface area (Å²) >= 11 is 0. The predicted molar refractivity (Wildman–Crippen MR) is 65.7 cm³/mol. The highest BCUT2D eigenvalue weighted by atomic mass is 15.0. The molecule has 0 amide bonds. The molecule has 0 rings (SSSR count). The van der Waals surface area contributed by atoms with Gasteiger partial charge in [-0.25, -0.2) is 0 Å². The zero-order chi connectivity index (χ0) is 11.7. The Kier molecular flexibility index (Phi) is 7.42. The molecule has 0 heterocycles. The van der Waals surface area contributed by atoms with Crippen LogP contribution in [0.1, 0.15) is 66.2 Å². The maximum Gasteiger partial charge on any atom is 0.104 e. The van der Waals surface area contributed by atoms with Gasteiger partial charge < -0.3 is 0 Å². The van der Waals surface area contributed by atoms with Crippen LogP contribution in [0.25, 0.3) is 0 Å². The van der Waals surface area contributed by atoms with Gasteiger partial charge in [0.1, 0.15) is 5.54 Å². The van der Waals surface area contributed by atoms with Crippen molar-refractivity contribution in [3.8, 4) is 6.07 Å². The van der Waals surface area contributed by atoms with Crippen molar-refractivity contribution in [3.05, 3.63) is 0 Å². The van der Waals surface area contributed by atoms with Crippen LogP contribution in [0.5, 0.6) is 0 Å². The van der Waals surface area contributed by atoms with E-state index in [2.05, 4.69) is 32.2 Å². The van der Waals surface area contributed by atoms with Crippen molar-refractivity contribution in [2.24, 2.45) is 0 Å². The molecule has 1 N–H and O–H groups in total. The molecule has 0 aliphatic rings. The molecule has 2 heteroatoms. The van der Waals surface area contributed by atoms with Gasteiger partial charge in [0, 0.05) is 6.04 Å². The minimum atomic E-state index is -0.330. The summed E-state index contributed by atoms with van der Waals surface area (Å²) in [4.78, 5) is 0. The third-order valence-electron chi connectivity index (χ3n) is 2.95. The van der Waals surface area contributed by atoms with Crippen molar-refractivity contribution in [2.75, 3.05) is 0 Å². The Morgan fingerprint density at radius 1 is 1.27 bits per heavy atom. The Hall–Kier alpha value is -0.550. The molecule has 0 aliphatic heterocycles. The maximum atomic E-state index is 9.17. The Labute approximate surface area is 95.1 Å². The minimum Gasteiger partial charge on any atom is -0.297 e. The van der Waals surface area contributed by atoms with Gasteiger partial charge >= 0.3 is 0 Å². The first-order valence-corrected chi connectivity index (χ1v) is 6.27. The van der Waals surface area contributed by atoms with Gasteiger partial charge in [-0.3, -0.25) is 5.32 Å². The third kappa shape index (κ3) is 6.52. The van der Waals surface area contributed by atoms with Crippen LogP contribution in [-0.4, -0.2) is 11.6 Å². The average Bonchev–Trinajstić information content (AvgIpc) is 2.24. The molecule has 0 aliphatic carbocycles. The summed E-state index contributed by atoms with van der Waals surface area (Å²) < 4.78 is 0. The zero-order valence-corrected chi connectivity index (χ0v) is 10.8. The molecule has 0 saturated heterocycles. The van der Waals surface area contributed by atoms with E-state index in [0.717, 1.165) is 19.3 Å². The lowest BCUT2D eigenvalue weighted by molar-refractivity contribution is 0.352. The van der Waals surface area contributed by atoms with Gasteiger partial charge in [0.15, 0.2) is 0 Å². The smallest absolute Gasteiger partial charge is 0.104 e. The summed E-state index contributed by atoms with van der Waals surface area (Å²) in [5, 5.41) is 12.6. The third-order valence-corrected chi connectivity index (χ3v) is 2.95. The Bertz CT molecular complexity index is 195. The zero-order valence-electron chi connectivity index (χ0n) is 10.8. The first kappa shape index (κ1) is 14.5. The molecule has 0 fully saturated rings. The van der Waals surface area contributed by atoms with Crippen molar-refractivity contribution < 1.29 is 0 Å². The van der Waals surface area contributed by atoms with Gasteiger partial charge in [0.2, 0.25) is 0 Å². The second-order valence-corrected chi connectivity index (χ2v) is 4.71. The van der Waals surface area contributed by atoms with Crippen molar-refractivity contribution >= 4 is 0 Å². The molecular weight excluding hydrogens is 184 g/mol. The summed E-state index contributed by atoms with van der Waals surface area (Å²) in [5.41, 5.74) is -0.330. The summed E-state index contributed by atoms with van der Waals surface area (Å²) in [6.07, 6.45) is 6.98. The van der Waals surface area contributed by atoms with E-state index in [0.29, 0.717) is 6.04 Å². The topological polar surface area (TPSA) is 35.8 Å². The number of nitrogens with zero attached hydrogens (tertiary/aromatic N) is 1. The highest BCUT2D eigenvalue weighted by Gasteiger charge is 2.23. The molecule has 2 unspecified atom stereocenters. The van der Waals surface area contributed by atoms with Crippen molar-refractivity contribution in [1.82, 2.24) is 5.32 Å². The van der Waals surface area contributed by atoms with E-state index in [1.165, 1.54) is 19.3 Å². The monoisotopic (exact) mass is 210 g/mol. The van der Waals surface area contributed by atoms with Crippen molar-refractivity contribution in [3.63, 3.8) is 0 Å². The van der Waals surface area contributed by atoms with Crippen molar-refractivity contribution in [1.29, 1.82) is 5.26 Å². The van der Waals surface area contributed by atoms with Crippen LogP contribution in [0.2, 0.25) is 0 Å². The summed E-state index contributed by atoms with van der Waals surface area (Å²) in [6, 6.07) is 2.84. The quantitative estimate of drug-likeness (QED) is 0.621. The largest absolute Gasteiger partial charge is 0.297 e. The van der Waals surface area contributed by atoms with E-state index in [4.69, 9.17) is 0 Å². The van der Waals surface area contributed by atoms with Crippen LogP contribution in [0.3, 0.4) is 0 Å². The first-order chi connectivity index (χ1) is 7.08.